The number of aryl methyl sites for hydroxylation is 1. The summed E-state index contributed by atoms with van der Waals surface area (Å²) in [5.74, 6) is -3.02. The molecule has 1 aromatic carbocycles. The van der Waals surface area contributed by atoms with Crippen molar-refractivity contribution in [1.29, 1.82) is 0 Å². The molecule has 17 nitrogen and oxygen atoms in total. The molecule has 0 aliphatic carbocycles. The van der Waals surface area contributed by atoms with E-state index in [9.17, 15) is 28.5 Å². The molecule has 0 heterocycles. The maximum absolute atomic E-state index is 13.5. The first-order chi connectivity index (χ1) is 26.3. The van der Waals surface area contributed by atoms with Crippen LogP contribution in [0.3, 0.4) is 0 Å². The van der Waals surface area contributed by atoms with E-state index in [-0.39, 0.29) is 65.9 Å². The Labute approximate surface area is 325 Å². The summed E-state index contributed by atoms with van der Waals surface area (Å²) >= 11 is 0. The van der Waals surface area contributed by atoms with Gasteiger partial charge in [0.25, 0.3) is 0 Å². The molecule has 1 rings (SSSR count). The van der Waals surface area contributed by atoms with Gasteiger partial charge in [0.05, 0.1) is 60.2 Å². The van der Waals surface area contributed by atoms with Crippen molar-refractivity contribution in [3.8, 4) is 0 Å². The van der Waals surface area contributed by atoms with Crippen molar-refractivity contribution in [1.82, 2.24) is 14.7 Å². The van der Waals surface area contributed by atoms with Crippen LogP contribution in [0.4, 0.5) is 0 Å². The summed E-state index contributed by atoms with van der Waals surface area (Å²) in [6.07, 6.45) is 9.41. The minimum Gasteiger partial charge on any atom is -0.468 e. The van der Waals surface area contributed by atoms with E-state index in [2.05, 4.69) is 24.3 Å². The van der Waals surface area contributed by atoms with Gasteiger partial charge in [0.2, 0.25) is 0 Å². The van der Waals surface area contributed by atoms with Gasteiger partial charge in [0.1, 0.15) is 13.5 Å². The number of carbonyl (C=O) groups is 5. The first kappa shape index (κ1) is 49.6. The summed E-state index contributed by atoms with van der Waals surface area (Å²) in [5.41, 5.74) is 1.37. The molecule has 0 saturated carbocycles. The van der Waals surface area contributed by atoms with Gasteiger partial charge in [-0.3, -0.25) is 47.3 Å². The largest absolute Gasteiger partial charge is 0.474 e. The van der Waals surface area contributed by atoms with Gasteiger partial charge >= 0.3 is 37.7 Å². The highest BCUT2D eigenvalue weighted by Gasteiger charge is 2.31. The number of rotatable bonds is 32. The number of phosphoric acid groups is 1. The minimum absolute atomic E-state index is 0.0299. The third-order valence-corrected chi connectivity index (χ3v) is 9.84. The molecule has 0 aromatic heterocycles. The maximum Gasteiger partial charge on any atom is 0.474 e. The van der Waals surface area contributed by atoms with Crippen LogP contribution in [0.5, 0.6) is 0 Å². The van der Waals surface area contributed by atoms with Crippen LogP contribution in [0.25, 0.3) is 0 Å². The fourth-order valence-electron chi connectivity index (χ4n) is 5.27. The smallest absolute Gasteiger partial charge is 0.468 e. The summed E-state index contributed by atoms with van der Waals surface area (Å²) < 4.78 is 54.9. The van der Waals surface area contributed by atoms with E-state index in [0.717, 1.165) is 32.1 Å². The monoisotopic (exact) mass is 803 g/mol. The number of carbonyl (C=O) groups excluding carboxylic acids is 5. The van der Waals surface area contributed by atoms with E-state index in [4.69, 9.17) is 37.3 Å². The molecule has 55 heavy (non-hydrogen) atoms. The first-order valence-corrected chi connectivity index (χ1v) is 19.9. The molecule has 1 aromatic rings. The number of nitrogens with zero attached hydrogens (tertiary/aromatic N) is 3. The number of hydrogen-bond donors (Lipinski definition) is 0. The van der Waals surface area contributed by atoms with Crippen LogP contribution in [0.2, 0.25) is 0 Å². The van der Waals surface area contributed by atoms with Gasteiger partial charge in [-0.15, -0.1) is 0 Å². The summed E-state index contributed by atoms with van der Waals surface area (Å²) in [7, 11) is 0.768. The number of phosphoric ester groups is 1. The zero-order valence-electron chi connectivity index (χ0n) is 33.4. The topological polar surface area (TPSA) is 186 Å². The van der Waals surface area contributed by atoms with Gasteiger partial charge in [-0.05, 0) is 24.8 Å². The van der Waals surface area contributed by atoms with E-state index in [1.54, 1.807) is 4.90 Å². The van der Waals surface area contributed by atoms with E-state index in [0.29, 0.717) is 6.42 Å². The Balaban J connectivity index is 2.93. The molecule has 0 saturated heterocycles. The lowest BCUT2D eigenvalue weighted by Gasteiger charge is -2.35. The summed E-state index contributed by atoms with van der Waals surface area (Å²) in [6, 6.07) is 9.63. The molecule has 0 amide bonds. The zero-order chi connectivity index (χ0) is 40.9. The Morgan fingerprint density at radius 3 is 1.60 bits per heavy atom. The number of benzene rings is 1. The van der Waals surface area contributed by atoms with Crippen molar-refractivity contribution in [3.63, 3.8) is 0 Å². The minimum atomic E-state index is -4.08. The molecule has 2 unspecified atom stereocenters. The van der Waals surface area contributed by atoms with Gasteiger partial charge in [0, 0.05) is 40.6 Å². The molecule has 0 fully saturated rings. The van der Waals surface area contributed by atoms with Gasteiger partial charge in [-0.2, -0.15) is 0 Å². The Morgan fingerprint density at radius 1 is 0.636 bits per heavy atom. The van der Waals surface area contributed by atoms with Crippen LogP contribution in [0.15, 0.2) is 30.3 Å². The van der Waals surface area contributed by atoms with Crippen molar-refractivity contribution in [3.05, 3.63) is 35.9 Å². The van der Waals surface area contributed by atoms with Crippen molar-refractivity contribution < 1.29 is 65.8 Å². The molecule has 0 radical (unpaired) electrons. The molecule has 2 atom stereocenters. The highest BCUT2D eigenvalue weighted by Crippen LogP contribution is 2.49. The Morgan fingerprint density at radius 2 is 1.11 bits per heavy atom. The molecule has 0 spiro atoms. The molecule has 0 aliphatic heterocycles. The maximum atomic E-state index is 13.5. The molecule has 0 aliphatic rings. The fraction of sp³-hybridized carbons (Fsp3) is 0.703. The number of unbranched alkanes of at least 4 members (excludes halogenated alkanes) is 7. The predicted molar refractivity (Wildman–Crippen MR) is 201 cm³/mol. The fourth-order valence-corrected chi connectivity index (χ4v) is 6.27. The zero-order valence-corrected chi connectivity index (χ0v) is 34.3. The quantitative estimate of drug-likeness (QED) is 0.0335. The average molecular weight is 804 g/mol. The number of hydrogen-bond acceptors (Lipinski definition) is 17. The standard InChI is InChI=1S/C37H62N3O14P/c1-31(41)51-29-40(30-52-32(2)42)34(24-38(25-35(43)47-3)21-22-39(26-36(44)48-4)27-37(45)49-5)28-54-55(46,50-6)53-23-17-12-10-8-7-9-11-14-18-33-19-15-13-16-20-33/h13,15-16,19-20,34H,7-12,14,17-18,21-30H2,1-6H3. The van der Waals surface area contributed by atoms with E-state index in [1.165, 1.54) is 76.9 Å². The molecule has 18 heteroatoms. The molecule has 0 N–H and O–H groups in total. The molecule has 314 valence electrons. The SMILES string of the molecule is COC(=O)CN(CCN(CC(=O)OC)CC(COP(=O)(OC)OCCCCCCCCCCc1ccccc1)N(COC(C)=O)COC(C)=O)CC(=O)OC. The van der Waals surface area contributed by atoms with Gasteiger partial charge in [0.15, 0.2) is 0 Å². The van der Waals surface area contributed by atoms with Gasteiger partial charge in [-0.25, -0.2) is 9.46 Å². The second kappa shape index (κ2) is 29.8. The van der Waals surface area contributed by atoms with E-state index >= 15 is 0 Å². The Kier molecular flexibility index (Phi) is 26.9. The van der Waals surface area contributed by atoms with Gasteiger partial charge < -0.3 is 23.7 Å². The van der Waals surface area contributed by atoms with Crippen molar-refractivity contribution >= 4 is 37.7 Å². The van der Waals surface area contributed by atoms with Crippen molar-refractivity contribution in [2.24, 2.45) is 0 Å². The third kappa shape index (κ3) is 24.6. The van der Waals surface area contributed by atoms with Crippen LogP contribution in [0, 0.1) is 0 Å². The number of esters is 5. The average Bonchev–Trinajstić information content (AvgIpc) is 3.17. The van der Waals surface area contributed by atoms with Crippen LogP contribution < -0.4 is 0 Å². The number of methoxy groups -OCH3 is 3. The molecular formula is C37H62N3O14P. The van der Waals surface area contributed by atoms with Crippen molar-refractivity contribution in [2.75, 3.05) is 94.4 Å². The summed E-state index contributed by atoms with van der Waals surface area (Å²) in [4.78, 5) is 64.7. The van der Waals surface area contributed by atoms with E-state index < -0.39 is 43.7 Å². The van der Waals surface area contributed by atoms with Gasteiger partial charge in [-0.1, -0.05) is 68.9 Å². The Bertz CT molecular complexity index is 1270. The second-order valence-corrected chi connectivity index (χ2v) is 14.5. The summed E-state index contributed by atoms with van der Waals surface area (Å²) in [6.45, 7) is 0.916. The Hall–Kier alpha value is -3.44. The molecular weight excluding hydrogens is 741 g/mol. The lowest BCUT2D eigenvalue weighted by Crippen LogP contribution is -2.51. The lowest BCUT2D eigenvalue weighted by atomic mass is 10.0. The first-order valence-electron chi connectivity index (χ1n) is 18.5. The third-order valence-electron chi connectivity index (χ3n) is 8.43. The summed E-state index contributed by atoms with van der Waals surface area (Å²) in [5, 5.41) is 0. The highest BCUT2D eigenvalue weighted by atomic mass is 31.2. The van der Waals surface area contributed by atoms with Crippen LogP contribution in [-0.2, 0) is 72.2 Å². The van der Waals surface area contributed by atoms with Crippen LogP contribution in [0.1, 0.15) is 70.8 Å². The number of ether oxygens (including phenoxy) is 5. The van der Waals surface area contributed by atoms with Crippen molar-refractivity contribution in [2.45, 2.75) is 77.7 Å². The highest BCUT2D eigenvalue weighted by molar-refractivity contribution is 7.48. The lowest BCUT2D eigenvalue weighted by molar-refractivity contribution is -0.159. The van der Waals surface area contributed by atoms with Crippen LogP contribution in [-0.4, -0.2) is 145 Å². The normalized spacial score (nSPS) is 13.0. The van der Waals surface area contributed by atoms with Crippen LogP contribution >= 0.6 is 7.82 Å². The second-order valence-electron chi connectivity index (χ2n) is 12.8. The molecule has 0 bridgehead atoms. The predicted octanol–water partition coefficient (Wildman–Crippen LogP) is 3.97. The van der Waals surface area contributed by atoms with E-state index in [1.807, 2.05) is 6.07 Å².